The first-order valence-corrected chi connectivity index (χ1v) is 6.41. The molecule has 0 heterocycles. The zero-order valence-corrected chi connectivity index (χ0v) is 11.4. The molecule has 1 amide bonds. The van der Waals surface area contributed by atoms with Crippen LogP contribution in [0.4, 0.5) is 10.1 Å². The first kappa shape index (κ1) is 14.1. The van der Waals surface area contributed by atoms with Crippen molar-refractivity contribution in [2.45, 2.75) is 13.8 Å². The molecule has 1 N–H and O–H groups in total. The summed E-state index contributed by atoms with van der Waals surface area (Å²) >= 11 is 0. The van der Waals surface area contributed by atoms with Crippen LogP contribution in [0.2, 0.25) is 0 Å². The van der Waals surface area contributed by atoms with E-state index in [9.17, 15) is 9.18 Å². The Balaban J connectivity index is 2.26. The van der Waals surface area contributed by atoms with Gasteiger partial charge in [0.25, 0.3) is 5.91 Å². The maximum atomic E-state index is 13.6. The lowest BCUT2D eigenvalue weighted by atomic mass is 10.1. The topological polar surface area (TPSA) is 38.3 Å². The smallest absolute Gasteiger partial charge is 0.258 e. The number of benzene rings is 2. The van der Waals surface area contributed by atoms with Gasteiger partial charge < -0.3 is 10.1 Å². The molecule has 2 rings (SSSR count). The fraction of sp³-hybridized carbons (Fsp3) is 0.188. The summed E-state index contributed by atoms with van der Waals surface area (Å²) in [6.45, 7) is 4.29. The summed E-state index contributed by atoms with van der Waals surface area (Å²) in [5, 5.41) is 2.68. The van der Waals surface area contributed by atoms with Gasteiger partial charge in [0.1, 0.15) is 11.6 Å². The summed E-state index contributed by atoms with van der Waals surface area (Å²) in [6, 6.07) is 11.3. The lowest BCUT2D eigenvalue weighted by Gasteiger charge is -2.12. The summed E-state index contributed by atoms with van der Waals surface area (Å²) in [4.78, 5) is 12.1. The van der Waals surface area contributed by atoms with Gasteiger partial charge in [-0.2, -0.15) is 0 Å². The largest absolute Gasteiger partial charge is 0.492 e. The number of amides is 1. The molecule has 0 aliphatic rings. The van der Waals surface area contributed by atoms with Crippen molar-refractivity contribution < 1.29 is 13.9 Å². The van der Waals surface area contributed by atoms with Gasteiger partial charge in [0, 0.05) is 0 Å². The van der Waals surface area contributed by atoms with Gasteiger partial charge in [-0.1, -0.05) is 18.2 Å². The highest BCUT2D eigenvalue weighted by molar-refractivity contribution is 6.05. The van der Waals surface area contributed by atoms with Crippen LogP contribution in [0.1, 0.15) is 22.8 Å². The molecule has 4 heteroatoms. The van der Waals surface area contributed by atoms with Gasteiger partial charge in [0.15, 0.2) is 0 Å². The van der Waals surface area contributed by atoms with Crippen molar-refractivity contribution in [2.75, 3.05) is 11.9 Å². The summed E-state index contributed by atoms with van der Waals surface area (Å²) in [6.07, 6.45) is 0. The zero-order valence-electron chi connectivity index (χ0n) is 11.4. The monoisotopic (exact) mass is 273 g/mol. The molecule has 0 aliphatic heterocycles. The van der Waals surface area contributed by atoms with Gasteiger partial charge in [-0.05, 0) is 43.7 Å². The Morgan fingerprint density at radius 2 is 2.00 bits per heavy atom. The highest BCUT2D eigenvalue weighted by atomic mass is 19.1. The van der Waals surface area contributed by atoms with E-state index in [0.29, 0.717) is 18.0 Å². The third kappa shape index (κ3) is 3.15. The molecule has 2 aromatic carbocycles. The van der Waals surface area contributed by atoms with Crippen molar-refractivity contribution in [3.63, 3.8) is 0 Å². The Morgan fingerprint density at radius 3 is 2.70 bits per heavy atom. The fourth-order valence-electron chi connectivity index (χ4n) is 1.84. The Bertz CT molecular complexity index is 626. The maximum Gasteiger partial charge on any atom is 0.258 e. The van der Waals surface area contributed by atoms with Crippen LogP contribution >= 0.6 is 0 Å². The maximum absolute atomic E-state index is 13.6. The van der Waals surface area contributed by atoms with E-state index in [-0.39, 0.29) is 5.56 Å². The number of rotatable bonds is 4. The van der Waals surface area contributed by atoms with Gasteiger partial charge in [0.05, 0.1) is 17.9 Å². The van der Waals surface area contributed by atoms with Crippen LogP contribution in [-0.2, 0) is 0 Å². The van der Waals surface area contributed by atoms with Crippen LogP contribution in [0.5, 0.6) is 5.75 Å². The number of carbonyl (C=O) groups excluding carboxylic acids is 1. The second-order valence-corrected chi connectivity index (χ2v) is 4.37. The van der Waals surface area contributed by atoms with E-state index in [1.165, 1.54) is 12.1 Å². The van der Waals surface area contributed by atoms with Crippen LogP contribution in [0.15, 0.2) is 42.5 Å². The molecular formula is C16H16FNO2. The third-order valence-corrected chi connectivity index (χ3v) is 2.80. The fourth-order valence-corrected chi connectivity index (χ4v) is 1.84. The standard InChI is InChI=1S/C16H16FNO2/c1-3-20-15-10-11(2)8-9-14(15)18-16(19)12-6-4-5-7-13(12)17/h4-10H,3H2,1-2H3,(H,18,19). The Morgan fingerprint density at radius 1 is 1.25 bits per heavy atom. The average Bonchev–Trinajstić information content (AvgIpc) is 2.42. The average molecular weight is 273 g/mol. The second kappa shape index (κ2) is 6.19. The molecule has 0 saturated heterocycles. The molecule has 3 nitrogen and oxygen atoms in total. The number of hydrogen-bond acceptors (Lipinski definition) is 2. The molecule has 0 aromatic heterocycles. The molecule has 104 valence electrons. The number of carbonyl (C=O) groups is 1. The van der Waals surface area contributed by atoms with Crippen molar-refractivity contribution in [3.8, 4) is 5.75 Å². The number of nitrogens with one attached hydrogen (secondary N) is 1. The van der Waals surface area contributed by atoms with E-state index >= 15 is 0 Å². The van der Waals surface area contributed by atoms with Gasteiger partial charge in [-0.3, -0.25) is 4.79 Å². The lowest BCUT2D eigenvalue weighted by Crippen LogP contribution is -2.14. The van der Waals surface area contributed by atoms with E-state index in [4.69, 9.17) is 4.74 Å². The number of aryl methyl sites for hydroxylation is 1. The molecule has 0 spiro atoms. The molecule has 0 unspecified atom stereocenters. The van der Waals surface area contributed by atoms with E-state index in [0.717, 1.165) is 5.56 Å². The number of halogens is 1. The van der Waals surface area contributed by atoms with Crippen molar-refractivity contribution in [3.05, 3.63) is 59.4 Å². The summed E-state index contributed by atoms with van der Waals surface area (Å²) in [7, 11) is 0. The summed E-state index contributed by atoms with van der Waals surface area (Å²) in [5.74, 6) is -0.458. The lowest BCUT2D eigenvalue weighted by molar-refractivity contribution is 0.102. The second-order valence-electron chi connectivity index (χ2n) is 4.37. The highest BCUT2D eigenvalue weighted by Gasteiger charge is 2.13. The van der Waals surface area contributed by atoms with Gasteiger partial charge in [-0.25, -0.2) is 4.39 Å². The van der Waals surface area contributed by atoms with Gasteiger partial charge in [0.2, 0.25) is 0 Å². The van der Waals surface area contributed by atoms with Crippen LogP contribution in [0.25, 0.3) is 0 Å². The molecule has 0 saturated carbocycles. The van der Waals surface area contributed by atoms with Crippen molar-refractivity contribution in [1.29, 1.82) is 0 Å². The number of ether oxygens (including phenoxy) is 1. The molecule has 0 aliphatic carbocycles. The molecule has 0 fully saturated rings. The predicted octanol–water partition coefficient (Wildman–Crippen LogP) is 3.79. The Labute approximate surface area is 117 Å². The normalized spacial score (nSPS) is 10.2. The van der Waals surface area contributed by atoms with Crippen molar-refractivity contribution in [1.82, 2.24) is 0 Å². The van der Waals surface area contributed by atoms with E-state index in [1.54, 1.807) is 18.2 Å². The summed E-state index contributed by atoms with van der Waals surface area (Å²) in [5.41, 5.74) is 1.57. The predicted molar refractivity (Wildman–Crippen MR) is 76.7 cm³/mol. The van der Waals surface area contributed by atoms with Crippen molar-refractivity contribution in [2.24, 2.45) is 0 Å². The first-order valence-electron chi connectivity index (χ1n) is 6.41. The highest BCUT2D eigenvalue weighted by Crippen LogP contribution is 2.26. The molecule has 0 atom stereocenters. The minimum absolute atomic E-state index is 0.00974. The van der Waals surface area contributed by atoms with E-state index in [2.05, 4.69) is 5.32 Å². The quantitative estimate of drug-likeness (QED) is 0.920. The molecule has 2 aromatic rings. The van der Waals surface area contributed by atoms with Crippen molar-refractivity contribution >= 4 is 11.6 Å². The minimum atomic E-state index is -0.546. The first-order chi connectivity index (χ1) is 9.61. The van der Waals surface area contributed by atoms with Gasteiger partial charge in [-0.15, -0.1) is 0 Å². The van der Waals surface area contributed by atoms with E-state index in [1.807, 2.05) is 26.0 Å². The van der Waals surface area contributed by atoms with Gasteiger partial charge >= 0.3 is 0 Å². The summed E-state index contributed by atoms with van der Waals surface area (Å²) < 4.78 is 19.0. The van der Waals surface area contributed by atoms with Crippen LogP contribution < -0.4 is 10.1 Å². The number of anilines is 1. The minimum Gasteiger partial charge on any atom is -0.492 e. The molecular weight excluding hydrogens is 257 g/mol. The van der Waals surface area contributed by atoms with E-state index < -0.39 is 11.7 Å². The third-order valence-electron chi connectivity index (χ3n) is 2.80. The zero-order chi connectivity index (χ0) is 14.5. The molecule has 0 bridgehead atoms. The van der Waals surface area contributed by atoms with Crippen LogP contribution in [0, 0.1) is 12.7 Å². The van der Waals surface area contributed by atoms with Crippen LogP contribution in [-0.4, -0.2) is 12.5 Å². The Hall–Kier alpha value is -2.36. The molecule has 20 heavy (non-hydrogen) atoms. The molecule has 0 radical (unpaired) electrons. The Kier molecular flexibility index (Phi) is 4.35. The van der Waals surface area contributed by atoms with Crippen LogP contribution in [0.3, 0.4) is 0 Å². The number of hydrogen-bond donors (Lipinski definition) is 1. The SMILES string of the molecule is CCOc1cc(C)ccc1NC(=O)c1ccccc1F.